The molecule has 0 amide bonds. The van der Waals surface area contributed by atoms with E-state index in [0.29, 0.717) is 28.5 Å². The Balaban J connectivity index is 1.80. The molecule has 0 bridgehead atoms. The van der Waals surface area contributed by atoms with Crippen LogP contribution in [0.4, 0.5) is 24.8 Å². The standard InChI is InChI=1S/C28H34F3N3O4/c1-26(2)14-19(15-27(3,4)16-26)34-22-13-23(36-5)17(12-24(35)37-6)11-21(22)33-25(34)32-18-7-9-20(10-8-18)38-28(29,30)31/h7-11,13,19H,12,14-16H2,1-6H3,(H,32,33). The molecule has 1 saturated carbocycles. The van der Waals surface area contributed by atoms with Crippen LogP contribution in [0.15, 0.2) is 36.4 Å². The quantitative estimate of drug-likeness (QED) is 0.324. The molecule has 10 heteroatoms. The first kappa shape index (κ1) is 27.6. The first-order valence-electron chi connectivity index (χ1n) is 12.5. The Morgan fingerprint density at radius 3 is 2.26 bits per heavy atom. The van der Waals surface area contributed by atoms with E-state index in [1.54, 1.807) is 7.11 Å². The first-order chi connectivity index (χ1) is 17.7. The van der Waals surface area contributed by atoms with Gasteiger partial charge in [-0.3, -0.25) is 4.79 Å². The molecule has 2 aromatic carbocycles. The molecule has 38 heavy (non-hydrogen) atoms. The summed E-state index contributed by atoms with van der Waals surface area (Å²) in [6.07, 6.45) is -1.80. The highest BCUT2D eigenvalue weighted by Crippen LogP contribution is 2.51. The van der Waals surface area contributed by atoms with E-state index in [4.69, 9.17) is 14.5 Å². The summed E-state index contributed by atoms with van der Waals surface area (Å²) in [4.78, 5) is 16.9. The lowest BCUT2D eigenvalue weighted by atomic mass is 9.63. The number of methoxy groups -OCH3 is 2. The largest absolute Gasteiger partial charge is 0.573 e. The number of carbonyl (C=O) groups excluding carboxylic acids is 1. The zero-order valence-electron chi connectivity index (χ0n) is 22.5. The smallest absolute Gasteiger partial charge is 0.496 e. The van der Waals surface area contributed by atoms with E-state index in [1.165, 1.54) is 31.4 Å². The molecular weight excluding hydrogens is 499 g/mol. The maximum atomic E-state index is 12.6. The lowest BCUT2D eigenvalue weighted by molar-refractivity contribution is -0.274. The van der Waals surface area contributed by atoms with Crippen LogP contribution in [0, 0.1) is 10.8 Å². The van der Waals surface area contributed by atoms with Crippen molar-refractivity contribution in [2.75, 3.05) is 19.5 Å². The fourth-order valence-electron chi connectivity index (χ4n) is 6.02. The highest BCUT2D eigenvalue weighted by molar-refractivity contribution is 5.85. The van der Waals surface area contributed by atoms with E-state index in [-0.39, 0.29) is 29.0 Å². The monoisotopic (exact) mass is 533 g/mol. The second-order valence-corrected chi connectivity index (χ2v) is 11.5. The van der Waals surface area contributed by atoms with Crippen molar-refractivity contribution in [1.82, 2.24) is 9.55 Å². The van der Waals surface area contributed by atoms with Crippen molar-refractivity contribution in [3.63, 3.8) is 0 Å². The number of halogens is 3. The summed E-state index contributed by atoms with van der Waals surface area (Å²) in [5.41, 5.74) is 2.91. The highest BCUT2D eigenvalue weighted by atomic mass is 19.4. The second kappa shape index (κ2) is 10.0. The van der Waals surface area contributed by atoms with E-state index in [0.717, 1.165) is 24.8 Å². The van der Waals surface area contributed by atoms with Gasteiger partial charge in [0.15, 0.2) is 0 Å². The van der Waals surface area contributed by atoms with Gasteiger partial charge < -0.3 is 24.1 Å². The number of nitrogens with zero attached hydrogens (tertiary/aromatic N) is 2. The van der Waals surface area contributed by atoms with Crippen molar-refractivity contribution in [1.29, 1.82) is 0 Å². The molecule has 0 saturated heterocycles. The SMILES string of the molecule is COC(=O)Cc1cc2nc(Nc3ccc(OC(F)(F)F)cc3)n(C3CC(C)(C)CC(C)(C)C3)c2cc1OC. The number of benzene rings is 2. The van der Waals surface area contributed by atoms with Gasteiger partial charge in [0, 0.05) is 23.4 Å². The van der Waals surface area contributed by atoms with Gasteiger partial charge in [0.05, 0.1) is 31.7 Å². The highest BCUT2D eigenvalue weighted by Gasteiger charge is 2.40. The zero-order chi connectivity index (χ0) is 27.9. The molecule has 4 rings (SSSR count). The number of fused-ring (bicyclic) bond motifs is 1. The number of rotatable bonds is 7. The summed E-state index contributed by atoms with van der Waals surface area (Å²) in [5, 5.41) is 3.30. The average molecular weight is 534 g/mol. The minimum absolute atomic E-state index is 0.0371. The molecule has 7 nitrogen and oxygen atoms in total. The van der Waals surface area contributed by atoms with Crippen LogP contribution in [0.5, 0.6) is 11.5 Å². The van der Waals surface area contributed by atoms with Gasteiger partial charge in [-0.25, -0.2) is 4.98 Å². The van der Waals surface area contributed by atoms with E-state index in [2.05, 4.69) is 42.3 Å². The van der Waals surface area contributed by atoms with Crippen molar-refractivity contribution in [3.8, 4) is 11.5 Å². The summed E-state index contributed by atoms with van der Waals surface area (Å²) in [6.45, 7) is 9.06. The summed E-state index contributed by atoms with van der Waals surface area (Å²) in [6, 6.07) is 9.36. The Morgan fingerprint density at radius 2 is 1.71 bits per heavy atom. The van der Waals surface area contributed by atoms with Gasteiger partial charge in [0.1, 0.15) is 11.5 Å². The molecule has 3 aromatic rings. The van der Waals surface area contributed by atoms with Gasteiger partial charge >= 0.3 is 12.3 Å². The summed E-state index contributed by atoms with van der Waals surface area (Å²) in [7, 11) is 2.89. The zero-order valence-corrected chi connectivity index (χ0v) is 22.5. The number of hydrogen-bond acceptors (Lipinski definition) is 6. The summed E-state index contributed by atoms with van der Waals surface area (Å²) >= 11 is 0. The second-order valence-electron chi connectivity index (χ2n) is 11.5. The number of nitrogens with one attached hydrogen (secondary N) is 1. The molecule has 0 aliphatic heterocycles. The molecule has 0 radical (unpaired) electrons. The van der Waals surface area contributed by atoms with Crippen molar-refractivity contribution < 1.29 is 32.2 Å². The molecule has 1 aliphatic rings. The maximum Gasteiger partial charge on any atom is 0.573 e. The van der Waals surface area contributed by atoms with Gasteiger partial charge in [-0.1, -0.05) is 27.7 Å². The Morgan fingerprint density at radius 1 is 1.08 bits per heavy atom. The van der Waals surface area contributed by atoms with E-state index in [9.17, 15) is 18.0 Å². The number of ether oxygens (including phenoxy) is 3. The van der Waals surface area contributed by atoms with Gasteiger partial charge in [-0.05, 0) is 60.4 Å². The van der Waals surface area contributed by atoms with Crippen molar-refractivity contribution >= 4 is 28.6 Å². The third kappa shape index (κ3) is 6.34. The normalized spacial score (nSPS) is 17.3. The van der Waals surface area contributed by atoms with Crippen LogP contribution in [0.1, 0.15) is 58.6 Å². The number of hydrogen-bond donors (Lipinski definition) is 1. The van der Waals surface area contributed by atoms with Gasteiger partial charge in [0.25, 0.3) is 0 Å². The third-order valence-electron chi connectivity index (χ3n) is 6.90. The molecule has 1 N–H and O–H groups in total. The van der Waals surface area contributed by atoms with Crippen LogP contribution in [0.2, 0.25) is 0 Å². The van der Waals surface area contributed by atoms with Crippen LogP contribution in [0.3, 0.4) is 0 Å². The molecule has 1 fully saturated rings. The minimum atomic E-state index is -4.76. The molecular formula is C28H34F3N3O4. The molecule has 0 spiro atoms. The van der Waals surface area contributed by atoms with E-state index < -0.39 is 12.3 Å². The van der Waals surface area contributed by atoms with Crippen molar-refractivity contribution in [2.45, 2.75) is 65.8 Å². The predicted octanol–water partition coefficient (Wildman–Crippen LogP) is 7.18. The van der Waals surface area contributed by atoms with E-state index >= 15 is 0 Å². The average Bonchev–Trinajstić information content (AvgIpc) is 3.13. The maximum absolute atomic E-state index is 12.6. The minimum Gasteiger partial charge on any atom is -0.496 e. The molecule has 1 aromatic heterocycles. The number of imidazole rings is 1. The van der Waals surface area contributed by atoms with Crippen LogP contribution in [0.25, 0.3) is 11.0 Å². The van der Waals surface area contributed by atoms with Crippen LogP contribution in [-0.4, -0.2) is 36.1 Å². The number of aromatic nitrogens is 2. The molecule has 0 unspecified atom stereocenters. The number of carbonyl (C=O) groups is 1. The molecule has 0 atom stereocenters. The Hall–Kier alpha value is -3.43. The lowest BCUT2D eigenvalue weighted by Gasteiger charge is -2.45. The molecule has 206 valence electrons. The Bertz CT molecular complexity index is 1300. The fraction of sp³-hybridized carbons (Fsp3) is 0.500. The van der Waals surface area contributed by atoms with Crippen LogP contribution in [-0.2, 0) is 16.0 Å². The predicted molar refractivity (Wildman–Crippen MR) is 139 cm³/mol. The van der Waals surface area contributed by atoms with Crippen LogP contribution >= 0.6 is 0 Å². The first-order valence-corrected chi connectivity index (χ1v) is 12.5. The lowest BCUT2D eigenvalue weighted by Crippen LogP contribution is -2.35. The third-order valence-corrected chi connectivity index (χ3v) is 6.90. The van der Waals surface area contributed by atoms with Crippen LogP contribution < -0.4 is 14.8 Å². The van der Waals surface area contributed by atoms with Gasteiger partial charge in [-0.2, -0.15) is 0 Å². The molecule has 1 heterocycles. The molecule has 1 aliphatic carbocycles. The Kier molecular flexibility index (Phi) is 7.29. The van der Waals surface area contributed by atoms with E-state index in [1.807, 2.05) is 12.1 Å². The Labute approximate surface area is 220 Å². The number of alkyl halides is 3. The van der Waals surface area contributed by atoms with Gasteiger partial charge in [0.2, 0.25) is 5.95 Å². The van der Waals surface area contributed by atoms with Gasteiger partial charge in [-0.15, -0.1) is 13.2 Å². The van der Waals surface area contributed by atoms with Crippen molar-refractivity contribution in [2.24, 2.45) is 10.8 Å². The topological polar surface area (TPSA) is 74.6 Å². The summed E-state index contributed by atoms with van der Waals surface area (Å²) < 4.78 is 54.4. The fourth-order valence-corrected chi connectivity index (χ4v) is 6.02. The number of anilines is 2. The summed E-state index contributed by atoms with van der Waals surface area (Å²) in [5.74, 6) is 0.417. The number of esters is 1. The van der Waals surface area contributed by atoms with Crippen molar-refractivity contribution in [3.05, 3.63) is 42.0 Å².